The van der Waals surface area contributed by atoms with Crippen LogP contribution in [-0.2, 0) is 4.74 Å². The van der Waals surface area contributed by atoms with Crippen LogP contribution in [0.4, 0.5) is 0 Å². The van der Waals surface area contributed by atoms with Crippen molar-refractivity contribution in [2.75, 3.05) is 26.3 Å². The minimum Gasteiger partial charge on any atom is -0.381 e. The molecule has 0 aliphatic heterocycles. The van der Waals surface area contributed by atoms with Crippen LogP contribution >= 0.6 is 0 Å². The van der Waals surface area contributed by atoms with Gasteiger partial charge in [-0.1, -0.05) is 13.8 Å². The van der Waals surface area contributed by atoms with E-state index in [-0.39, 0.29) is 0 Å². The summed E-state index contributed by atoms with van der Waals surface area (Å²) in [5.74, 6) is 0.830. The Balaban J connectivity index is 2.22. The monoisotopic (exact) mass is 213 g/mol. The molecule has 15 heavy (non-hydrogen) atoms. The molecule has 90 valence electrons. The first-order valence-corrected chi connectivity index (χ1v) is 6.63. The molecule has 0 spiro atoms. The van der Waals surface area contributed by atoms with E-state index in [1.807, 2.05) is 0 Å². The molecule has 0 aromatic heterocycles. The van der Waals surface area contributed by atoms with Gasteiger partial charge in [0.2, 0.25) is 0 Å². The molecule has 0 atom stereocenters. The van der Waals surface area contributed by atoms with Crippen molar-refractivity contribution in [2.45, 2.75) is 52.5 Å². The Morgan fingerprint density at radius 2 is 1.60 bits per heavy atom. The second kappa shape index (κ2) is 7.24. The third kappa shape index (κ3) is 4.12. The van der Waals surface area contributed by atoms with Gasteiger partial charge in [-0.2, -0.15) is 0 Å². The summed E-state index contributed by atoms with van der Waals surface area (Å²) in [4.78, 5) is 2.61. The van der Waals surface area contributed by atoms with Gasteiger partial charge in [0.15, 0.2) is 0 Å². The molecule has 1 rings (SSSR count). The van der Waals surface area contributed by atoms with E-state index in [0.29, 0.717) is 0 Å². The normalized spacial score (nSPS) is 27.2. The second-order valence-electron chi connectivity index (χ2n) is 4.56. The summed E-state index contributed by atoms with van der Waals surface area (Å²) in [5, 5.41) is 0. The first kappa shape index (κ1) is 13.0. The molecular formula is C13H27NO. The Bertz CT molecular complexity index is 149. The van der Waals surface area contributed by atoms with Gasteiger partial charge in [0.05, 0.1) is 0 Å². The number of hydrogen-bond acceptors (Lipinski definition) is 2. The van der Waals surface area contributed by atoms with Gasteiger partial charge in [0.1, 0.15) is 0 Å². The fraction of sp³-hybridized carbons (Fsp3) is 1.00. The predicted molar refractivity (Wildman–Crippen MR) is 65.2 cm³/mol. The van der Waals surface area contributed by atoms with E-state index < -0.39 is 0 Å². The first-order chi connectivity index (χ1) is 7.31. The van der Waals surface area contributed by atoms with Crippen LogP contribution in [0.25, 0.3) is 0 Å². The van der Waals surface area contributed by atoms with Crippen LogP contribution in [0.1, 0.15) is 46.5 Å². The van der Waals surface area contributed by atoms with Crippen LogP contribution in [0, 0.1) is 5.92 Å². The highest BCUT2D eigenvalue weighted by atomic mass is 16.5. The molecule has 0 bridgehead atoms. The van der Waals surface area contributed by atoms with Crippen molar-refractivity contribution < 1.29 is 4.74 Å². The third-order valence-electron chi connectivity index (χ3n) is 3.70. The average Bonchev–Trinajstić information content (AvgIpc) is 2.29. The van der Waals surface area contributed by atoms with Gasteiger partial charge in [-0.05, 0) is 51.6 Å². The van der Waals surface area contributed by atoms with Gasteiger partial charge in [-0.25, -0.2) is 0 Å². The molecule has 0 radical (unpaired) electrons. The lowest BCUT2D eigenvalue weighted by Crippen LogP contribution is -2.38. The molecule has 0 unspecified atom stereocenters. The van der Waals surface area contributed by atoms with Gasteiger partial charge in [-0.15, -0.1) is 0 Å². The lowest BCUT2D eigenvalue weighted by molar-refractivity contribution is 0.0722. The SMILES string of the molecule is CCOCC1CCC(N(CC)CC)CC1. The summed E-state index contributed by atoms with van der Waals surface area (Å²) in [7, 11) is 0. The Labute approximate surface area is 95.0 Å². The predicted octanol–water partition coefficient (Wildman–Crippen LogP) is 2.92. The minimum absolute atomic E-state index is 0.830. The van der Waals surface area contributed by atoms with Crippen molar-refractivity contribution in [2.24, 2.45) is 5.92 Å². The lowest BCUT2D eigenvalue weighted by Gasteiger charge is -2.35. The van der Waals surface area contributed by atoms with E-state index in [9.17, 15) is 0 Å². The van der Waals surface area contributed by atoms with E-state index in [1.165, 1.54) is 38.8 Å². The van der Waals surface area contributed by atoms with Crippen molar-refractivity contribution in [1.82, 2.24) is 4.90 Å². The van der Waals surface area contributed by atoms with Gasteiger partial charge in [-0.3, -0.25) is 0 Å². The molecule has 0 N–H and O–H groups in total. The molecule has 0 amide bonds. The summed E-state index contributed by atoms with van der Waals surface area (Å²) in [5.41, 5.74) is 0. The average molecular weight is 213 g/mol. The van der Waals surface area contributed by atoms with E-state index in [2.05, 4.69) is 25.7 Å². The van der Waals surface area contributed by atoms with E-state index >= 15 is 0 Å². The summed E-state index contributed by atoms with van der Waals surface area (Å²) in [6.07, 6.45) is 5.47. The highest BCUT2D eigenvalue weighted by molar-refractivity contribution is 4.78. The van der Waals surface area contributed by atoms with Gasteiger partial charge >= 0.3 is 0 Å². The van der Waals surface area contributed by atoms with Crippen molar-refractivity contribution >= 4 is 0 Å². The third-order valence-corrected chi connectivity index (χ3v) is 3.70. The molecule has 1 fully saturated rings. The number of hydrogen-bond donors (Lipinski definition) is 0. The zero-order chi connectivity index (χ0) is 11.1. The highest BCUT2D eigenvalue weighted by Gasteiger charge is 2.24. The maximum Gasteiger partial charge on any atom is 0.0494 e. The molecule has 1 aliphatic rings. The maximum absolute atomic E-state index is 5.51. The molecule has 0 aromatic rings. The van der Waals surface area contributed by atoms with Crippen LogP contribution in [0.15, 0.2) is 0 Å². The van der Waals surface area contributed by atoms with Crippen LogP contribution in [0.5, 0.6) is 0 Å². The molecule has 2 nitrogen and oxygen atoms in total. The summed E-state index contributed by atoms with van der Waals surface area (Å²) in [6.45, 7) is 10.9. The summed E-state index contributed by atoms with van der Waals surface area (Å²) >= 11 is 0. The molecule has 1 saturated carbocycles. The summed E-state index contributed by atoms with van der Waals surface area (Å²) in [6, 6.07) is 0.845. The van der Waals surface area contributed by atoms with Crippen molar-refractivity contribution in [3.05, 3.63) is 0 Å². The smallest absolute Gasteiger partial charge is 0.0494 e. The largest absolute Gasteiger partial charge is 0.381 e. The fourth-order valence-corrected chi connectivity index (χ4v) is 2.70. The van der Waals surface area contributed by atoms with Crippen LogP contribution in [0.2, 0.25) is 0 Å². The zero-order valence-corrected chi connectivity index (χ0v) is 10.7. The quantitative estimate of drug-likeness (QED) is 0.672. The second-order valence-corrected chi connectivity index (χ2v) is 4.56. The van der Waals surface area contributed by atoms with Crippen LogP contribution < -0.4 is 0 Å². The Morgan fingerprint density at radius 1 is 1.00 bits per heavy atom. The molecule has 0 saturated heterocycles. The summed E-state index contributed by atoms with van der Waals surface area (Å²) < 4.78 is 5.51. The fourth-order valence-electron chi connectivity index (χ4n) is 2.70. The van der Waals surface area contributed by atoms with Gasteiger partial charge in [0.25, 0.3) is 0 Å². The van der Waals surface area contributed by atoms with E-state index in [4.69, 9.17) is 4.74 Å². The number of nitrogens with zero attached hydrogens (tertiary/aromatic N) is 1. The molecule has 0 heterocycles. The van der Waals surface area contributed by atoms with Gasteiger partial charge < -0.3 is 9.64 Å². The lowest BCUT2D eigenvalue weighted by atomic mass is 9.86. The topological polar surface area (TPSA) is 12.5 Å². The van der Waals surface area contributed by atoms with E-state index in [0.717, 1.165) is 25.2 Å². The Hall–Kier alpha value is -0.0800. The molecule has 0 aromatic carbocycles. The number of rotatable bonds is 6. The van der Waals surface area contributed by atoms with Crippen molar-refractivity contribution in [1.29, 1.82) is 0 Å². The van der Waals surface area contributed by atoms with Crippen molar-refractivity contribution in [3.8, 4) is 0 Å². The molecule has 2 heteroatoms. The van der Waals surface area contributed by atoms with Crippen LogP contribution in [-0.4, -0.2) is 37.2 Å². The Morgan fingerprint density at radius 3 is 2.07 bits per heavy atom. The van der Waals surface area contributed by atoms with Gasteiger partial charge in [0, 0.05) is 19.3 Å². The zero-order valence-electron chi connectivity index (χ0n) is 10.7. The standard InChI is InChI=1S/C13H27NO/c1-4-14(5-2)13-9-7-12(8-10-13)11-15-6-3/h12-13H,4-11H2,1-3H3. The molecular weight excluding hydrogens is 186 g/mol. The highest BCUT2D eigenvalue weighted by Crippen LogP contribution is 2.27. The van der Waals surface area contributed by atoms with E-state index in [1.54, 1.807) is 0 Å². The maximum atomic E-state index is 5.51. The first-order valence-electron chi connectivity index (χ1n) is 6.63. The minimum atomic E-state index is 0.830. The van der Waals surface area contributed by atoms with Crippen molar-refractivity contribution in [3.63, 3.8) is 0 Å². The van der Waals surface area contributed by atoms with Crippen LogP contribution in [0.3, 0.4) is 0 Å². The molecule has 1 aliphatic carbocycles. The number of ether oxygens (including phenoxy) is 1. The Kier molecular flexibility index (Phi) is 6.26.